The Labute approximate surface area is 166 Å². The third-order valence-corrected chi connectivity index (χ3v) is 5.35. The van der Waals surface area contributed by atoms with E-state index < -0.39 is 0 Å². The first kappa shape index (κ1) is 19.8. The summed E-state index contributed by atoms with van der Waals surface area (Å²) in [4.78, 5) is 17.2. The van der Waals surface area contributed by atoms with Crippen molar-refractivity contribution in [3.63, 3.8) is 0 Å². The largest absolute Gasteiger partial charge is 0.345 e. The van der Waals surface area contributed by atoms with E-state index >= 15 is 0 Å². The van der Waals surface area contributed by atoms with Crippen LogP contribution in [0.4, 0.5) is 0 Å². The highest BCUT2D eigenvalue weighted by atomic mass is 16.2. The standard InChI is InChI=1S/C23H28N4O/c1-15-8-10-20(11-9-15)22(21-7-6-12-24-13-21)25-23(28)16(2)14-27-19(5)17(3)18(4)26-27/h6-13,16,22H,14H2,1-5H3,(H,25,28)/t16-,22+/m0/s1. The number of hydrogen-bond acceptors (Lipinski definition) is 3. The van der Waals surface area contributed by atoms with Gasteiger partial charge < -0.3 is 5.32 Å². The average Bonchev–Trinajstić information content (AvgIpc) is 2.94. The summed E-state index contributed by atoms with van der Waals surface area (Å²) in [6.45, 7) is 10.7. The van der Waals surface area contributed by atoms with Crippen LogP contribution in [0.25, 0.3) is 0 Å². The van der Waals surface area contributed by atoms with E-state index in [1.165, 1.54) is 11.1 Å². The molecular formula is C23H28N4O. The Kier molecular flexibility index (Phi) is 5.93. The Bertz CT molecular complexity index is 945. The molecule has 0 aliphatic carbocycles. The van der Waals surface area contributed by atoms with Gasteiger partial charge in [-0.05, 0) is 50.5 Å². The molecule has 0 saturated heterocycles. The lowest BCUT2D eigenvalue weighted by Gasteiger charge is -2.22. The predicted octanol–water partition coefficient (Wildman–Crippen LogP) is 4.05. The van der Waals surface area contributed by atoms with Gasteiger partial charge in [-0.2, -0.15) is 5.10 Å². The van der Waals surface area contributed by atoms with Gasteiger partial charge in [0.1, 0.15) is 0 Å². The minimum Gasteiger partial charge on any atom is -0.345 e. The molecule has 2 heterocycles. The van der Waals surface area contributed by atoms with Crippen LogP contribution in [0.1, 0.15) is 46.6 Å². The fourth-order valence-corrected chi connectivity index (χ4v) is 3.26. The summed E-state index contributed by atoms with van der Waals surface area (Å²) < 4.78 is 1.93. The highest BCUT2D eigenvalue weighted by molar-refractivity contribution is 5.79. The maximum absolute atomic E-state index is 13.0. The monoisotopic (exact) mass is 376 g/mol. The Morgan fingerprint density at radius 1 is 1.07 bits per heavy atom. The van der Waals surface area contributed by atoms with Gasteiger partial charge in [-0.1, -0.05) is 42.8 Å². The minimum atomic E-state index is -0.230. The minimum absolute atomic E-state index is 0.000339. The molecule has 0 aliphatic heterocycles. The molecule has 1 N–H and O–H groups in total. The molecule has 28 heavy (non-hydrogen) atoms. The Morgan fingerprint density at radius 2 is 1.79 bits per heavy atom. The average molecular weight is 377 g/mol. The lowest BCUT2D eigenvalue weighted by atomic mass is 9.98. The molecule has 5 nitrogen and oxygen atoms in total. The predicted molar refractivity (Wildman–Crippen MR) is 111 cm³/mol. The zero-order valence-corrected chi connectivity index (χ0v) is 17.2. The molecule has 0 aliphatic rings. The van der Waals surface area contributed by atoms with Crippen molar-refractivity contribution in [3.8, 4) is 0 Å². The van der Waals surface area contributed by atoms with Gasteiger partial charge in [0.05, 0.1) is 24.2 Å². The zero-order chi connectivity index (χ0) is 20.3. The first-order valence-corrected chi connectivity index (χ1v) is 9.64. The lowest BCUT2D eigenvalue weighted by Crippen LogP contribution is -2.35. The number of nitrogens with one attached hydrogen (secondary N) is 1. The van der Waals surface area contributed by atoms with Gasteiger partial charge in [0.25, 0.3) is 0 Å². The maximum atomic E-state index is 13.0. The number of aromatic nitrogens is 3. The molecule has 0 saturated carbocycles. The summed E-state index contributed by atoms with van der Waals surface area (Å²) in [6.07, 6.45) is 3.55. The smallest absolute Gasteiger partial charge is 0.225 e. The maximum Gasteiger partial charge on any atom is 0.225 e. The SMILES string of the molecule is Cc1ccc([C@@H](NC(=O)[C@@H](C)Cn2nc(C)c(C)c2C)c2cccnc2)cc1. The van der Waals surface area contributed by atoms with Crippen LogP contribution in [0.5, 0.6) is 0 Å². The van der Waals surface area contributed by atoms with Crippen LogP contribution in [0, 0.1) is 33.6 Å². The summed E-state index contributed by atoms with van der Waals surface area (Å²) >= 11 is 0. The Morgan fingerprint density at radius 3 is 2.36 bits per heavy atom. The molecule has 3 aromatic rings. The van der Waals surface area contributed by atoms with Crippen molar-refractivity contribution in [3.05, 3.63) is 82.4 Å². The van der Waals surface area contributed by atoms with Crippen LogP contribution in [0.2, 0.25) is 0 Å². The van der Waals surface area contributed by atoms with E-state index in [1.54, 1.807) is 12.4 Å². The molecule has 1 aromatic carbocycles. The van der Waals surface area contributed by atoms with Crippen molar-refractivity contribution in [2.45, 2.75) is 47.2 Å². The van der Waals surface area contributed by atoms with Crippen molar-refractivity contribution < 1.29 is 4.79 Å². The van der Waals surface area contributed by atoms with Crippen LogP contribution >= 0.6 is 0 Å². The van der Waals surface area contributed by atoms with E-state index in [2.05, 4.69) is 53.5 Å². The molecule has 1 amide bonds. The number of amides is 1. The second-order valence-corrected chi connectivity index (χ2v) is 7.52. The van der Waals surface area contributed by atoms with Gasteiger partial charge in [-0.15, -0.1) is 0 Å². The summed E-state index contributed by atoms with van der Waals surface area (Å²) in [7, 11) is 0. The van der Waals surface area contributed by atoms with Crippen molar-refractivity contribution in [1.82, 2.24) is 20.1 Å². The molecule has 3 rings (SSSR count). The molecule has 0 spiro atoms. The van der Waals surface area contributed by atoms with E-state index in [-0.39, 0.29) is 17.9 Å². The lowest BCUT2D eigenvalue weighted by molar-refractivity contribution is -0.125. The highest BCUT2D eigenvalue weighted by Gasteiger charge is 2.22. The van der Waals surface area contributed by atoms with E-state index in [0.717, 1.165) is 22.5 Å². The molecule has 2 aromatic heterocycles. The van der Waals surface area contributed by atoms with Crippen LogP contribution in [0.15, 0.2) is 48.8 Å². The molecule has 2 atom stereocenters. The topological polar surface area (TPSA) is 59.8 Å². The van der Waals surface area contributed by atoms with Crippen LogP contribution in [-0.2, 0) is 11.3 Å². The number of carbonyl (C=O) groups excluding carboxylic acids is 1. The second-order valence-electron chi connectivity index (χ2n) is 7.52. The van der Waals surface area contributed by atoms with Gasteiger partial charge in [-0.3, -0.25) is 14.5 Å². The van der Waals surface area contributed by atoms with Crippen LogP contribution in [0.3, 0.4) is 0 Å². The number of aryl methyl sites for hydroxylation is 2. The quantitative estimate of drug-likeness (QED) is 0.706. The van der Waals surface area contributed by atoms with Crippen molar-refractivity contribution in [2.75, 3.05) is 0 Å². The third-order valence-electron chi connectivity index (χ3n) is 5.35. The molecule has 0 unspecified atom stereocenters. The number of pyridine rings is 1. The summed E-state index contributed by atoms with van der Waals surface area (Å²) in [5.74, 6) is -0.207. The molecule has 0 radical (unpaired) electrons. The number of rotatable bonds is 6. The van der Waals surface area contributed by atoms with E-state index in [0.29, 0.717) is 6.54 Å². The van der Waals surface area contributed by atoms with Crippen LogP contribution in [-0.4, -0.2) is 20.7 Å². The summed E-state index contributed by atoms with van der Waals surface area (Å²) in [6, 6.07) is 11.9. The second kappa shape index (κ2) is 8.38. The summed E-state index contributed by atoms with van der Waals surface area (Å²) in [5.41, 5.74) is 6.50. The fourth-order valence-electron chi connectivity index (χ4n) is 3.26. The molecule has 146 valence electrons. The number of carbonyl (C=O) groups is 1. The van der Waals surface area contributed by atoms with Crippen molar-refractivity contribution in [1.29, 1.82) is 0 Å². The number of benzene rings is 1. The van der Waals surface area contributed by atoms with Gasteiger partial charge in [0.2, 0.25) is 5.91 Å². The van der Waals surface area contributed by atoms with Gasteiger partial charge in [-0.25, -0.2) is 0 Å². The van der Waals surface area contributed by atoms with E-state index in [9.17, 15) is 4.79 Å². The number of nitrogens with zero attached hydrogens (tertiary/aromatic N) is 3. The highest BCUT2D eigenvalue weighted by Crippen LogP contribution is 2.23. The Balaban J connectivity index is 1.80. The summed E-state index contributed by atoms with van der Waals surface area (Å²) in [5, 5.41) is 7.77. The molecule has 0 fully saturated rings. The Hall–Kier alpha value is -2.95. The van der Waals surface area contributed by atoms with Gasteiger partial charge in [0, 0.05) is 18.1 Å². The fraction of sp³-hybridized carbons (Fsp3) is 0.348. The van der Waals surface area contributed by atoms with E-state index in [4.69, 9.17) is 0 Å². The van der Waals surface area contributed by atoms with Gasteiger partial charge >= 0.3 is 0 Å². The first-order chi connectivity index (χ1) is 13.4. The van der Waals surface area contributed by atoms with E-state index in [1.807, 2.05) is 37.6 Å². The van der Waals surface area contributed by atoms with Crippen molar-refractivity contribution >= 4 is 5.91 Å². The van der Waals surface area contributed by atoms with Crippen LogP contribution < -0.4 is 5.32 Å². The molecule has 0 bridgehead atoms. The molecular weight excluding hydrogens is 348 g/mol. The number of hydrogen-bond donors (Lipinski definition) is 1. The van der Waals surface area contributed by atoms with Crippen molar-refractivity contribution in [2.24, 2.45) is 5.92 Å². The van der Waals surface area contributed by atoms with Gasteiger partial charge in [0.15, 0.2) is 0 Å². The molecule has 5 heteroatoms. The normalized spacial score (nSPS) is 13.2. The third kappa shape index (κ3) is 4.30. The zero-order valence-electron chi connectivity index (χ0n) is 17.2. The first-order valence-electron chi connectivity index (χ1n) is 9.64.